The van der Waals surface area contributed by atoms with Crippen LogP contribution in [-0.2, 0) is 9.47 Å². The predicted octanol–water partition coefficient (Wildman–Crippen LogP) is 2.22. The minimum absolute atomic E-state index is 0.0411. The molecule has 3 aliphatic rings. The molecule has 2 aliphatic carbocycles. The Hall–Kier alpha value is -0.590. The Morgan fingerprint density at radius 3 is 2.07 bits per heavy atom. The van der Waals surface area contributed by atoms with Crippen LogP contribution in [0.25, 0.3) is 0 Å². The summed E-state index contributed by atoms with van der Waals surface area (Å²) in [4.78, 5) is 0. The predicted molar refractivity (Wildman–Crippen MR) is 53.9 cm³/mol. The van der Waals surface area contributed by atoms with Crippen molar-refractivity contribution in [3.63, 3.8) is 0 Å². The van der Waals surface area contributed by atoms with Gasteiger partial charge in [-0.1, -0.05) is 0 Å². The number of ether oxygens (including phenoxy) is 2. The van der Waals surface area contributed by atoms with E-state index < -0.39 is 0 Å². The van der Waals surface area contributed by atoms with Gasteiger partial charge in [0, 0.05) is 12.8 Å². The second kappa shape index (κ2) is 3.20. The summed E-state index contributed by atoms with van der Waals surface area (Å²) >= 11 is 0. The van der Waals surface area contributed by atoms with E-state index in [0.717, 1.165) is 38.9 Å². The first-order chi connectivity index (χ1) is 7.29. The molecule has 0 aromatic carbocycles. The van der Waals surface area contributed by atoms with Gasteiger partial charge < -0.3 is 9.47 Å². The molecule has 0 amide bonds. The van der Waals surface area contributed by atoms with Crippen molar-refractivity contribution in [2.45, 2.75) is 44.3 Å². The summed E-state index contributed by atoms with van der Waals surface area (Å²) in [6, 6.07) is 2.57. The monoisotopic (exact) mass is 207 g/mol. The normalized spacial score (nSPS) is 32.7. The van der Waals surface area contributed by atoms with Gasteiger partial charge in [0.05, 0.1) is 24.7 Å². The molecule has 0 bridgehead atoms. The molecule has 1 heterocycles. The van der Waals surface area contributed by atoms with Gasteiger partial charge in [-0.3, -0.25) is 0 Å². The van der Waals surface area contributed by atoms with Crippen LogP contribution >= 0.6 is 0 Å². The lowest BCUT2D eigenvalue weighted by Gasteiger charge is -2.40. The molecule has 82 valence electrons. The Bertz CT molecular complexity index is 287. The van der Waals surface area contributed by atoms with Crippen LogP contribution in [0.5, 0.6) is 0 Å². The van der Waals surface area contributed by atoms with Crippen LogP contribution in [0.4, 0.5) is 0 Å². The zero-order valence-corrected chi connectivity index (χ0v) is 9.00. The van der Waals surface area contributed by atoms with Gasteiger partial charge in [-0.05, 0) is 31.6 Å². The molecule has 0 N–H and O–H groups in total. The minimum Gasteiger partial charge on any atom is -0.348 e. The molecule has 0 radical (unpaired) electrons. The summed E-state index contributed by atoms with van der Waals surface area (Å²) in [5, 5.41) is 9.35. The highest BCUT2D eigenvalue weighted by Crippen LogP contribution is 2.55. The van der Waals surface area contributed by atoms with E-state index in [0.29, 0.717) is 5.92 Å². The van der Waals surface area contributed by atoms with Crippen molar-refractivity contribution in [2.24, 2.45) is 11.3 Å². The first-order valence-electron chi connectivity index (χ1n) is 5.98. The third-order valence-corrected chi connectivity index (χ3v) is 4.30. The molecule has 0 aromatic heterocycles. The third-order valence-electron chi connectivity index (χ3n) is 4.30. The Labute approximate surface area is 90.4 Å². The zero-order valence-electron chi connectivity index (χ0n) is 9.00. The van der Waals surface area contributed by atoms with Gasteiger partial charge in [0.2, 0.25) is 0 Å². The fraction of sp³-hybridized carbons (Fsp3) is 0.917. The fourth-order valence-electron chi connectivity index (χ4n) is 3.11. The second-order valence-corrected chi connectivity index (χ2v) is 5.15. The Balaban J connectivity index is 1.71. The molecular weight excluding hydrogens is 190 g/mol. The van der Waals surface area contributed by atoms with E-state index in [-0.39, 0.29) is 11.2 Å². The molecule has 0 unspecified atom stereocenters. The largest absolute Gasteiger partial charge is 0.348 e. The summed E-state index contributed by atoms with van der Waals surface area (Å²) in [6.07, 6.45) is 6.26. The summed E-state index contributed by atoms with van der Waals surface area (Å²) in [7, 11) is 0. The number of hydrogen-bond donors (Lipinski definition) is 0. The summed E-state index contributed by atoms with van der Waals surface area (Å²) in [5.74, 6) is 0.358. The maximum absolute atomic E-state index is 9.35. The average molecular weight is 207 g/mol. The molecule has 1 spiro atoms. The highest BCUT2D eigenvalue weighted by molar-refractivity contribution is 5.10. The average Bonchev–Trinajstić information content (AvgIpc) is 3.04. The lowest BCUT2D eigenvalue weighted by molar-refractivity contribution is -0.188. The molecule has 0 atom stereocenters. The molecule has 2 saturated carbocycles. The highest BCUT2D eigenvalue weighted by Gasteiger charge is 2.52. The first-order valence-corrected chi connectivity index (χ1v) is 5.98. The van der Waals surface area contributed by atoms with Gasteiger partial charge in [0.15, 0.2) is 5.79 Å². The van der Waals surface area contributed by atoms with Gasteiger partial charge in [0.25, 0.3) is 0 Å². The maximum atomic E-state index is 9.35. The lowest BCUT2D eigenvalue weighted by atomic mass is 9.70. The Morgan fingerprint density at radius 2 is 1.60 bits per heavy atom. The number of rotatable bonds is 1. The number of hydrogen-bond acceptors (Lipinski definition) is 3. The van der Waals surface area contributed by atoms with Gasteiger partial charge in [-0.15, -0.1) is 0 Å². The van der Waals surface area contributed by atoms with Gasteiger partial charge in [0.1, 0.15) is 0 Å². The molecular formula is C12H17NO2. The van der Waals surface area contributed by atoms with Crippen LogP contribution < -0.4 is 0 Å². The SMILES string of the molecule is N#CC1(C2CC2)CCC2(CC1)OCCO2. The van der Waals surface area contributed by atoms with E-state index in [1.54, 1.807) is 0 Å². The fourth-order valence-corrected chi connectivity index (χ4v) is 3.11. The molecule has 3 nitrogen and oxygen atoms in total. The minimum atomic E-state index is -0.310. The summed E-state index contributed by atoms with van der Waals surface area (Å²) < 4.78 is 11.4. The van der Waals surface area contributed by atoms with E-state index in [4.69, 9.17) is 9.47 Å². The van der Waals surface area contributed by atoms with Crippen LogP contribution in [0, 0.1) is 22.7 Å². The Morgan fingerprint density at radius 1 is 1.00 bits per heavy atom. The molecule has 3 heteroatoms. The van der Waals surface area contributed by atoms with Crippen molar-refractivity contribution in [1.82, 2.24) is 0 Å². The summed E-state index contributed by atoms with van der Waals surface area (Å²) in [6.45, 7) is 1.45. The van der Waals surface area contributed by atoms with Gasteiger partial charge >= 0.3 is 0 Å². The number of nitriles is 1. The summed E-state index contributed by atoms with van der Waals surface area (Å²) in [5.41, 5.74) is -0.0411. The quantitative estimate of drug-likeness (QED) is 0.662. The van der Waals surface area contributed by atoms with Crippen molar-refractivity contribution in [2.75, 3.05) is 13.2 Å². The lowest BCUT2D eigenvalue weighted by Crippen LogP contribution is -2.40. The van der Waals surface area contributed by atoms with Crippen molar-refractivity contribution in [3.05, 3.63) is 0 Å². The standard InChI is InChI=1S/C12H17NO2/c13-9-11(10-1-2-10)3-5-12(6-4-11)14-7-8-15-12/h10H,1-8H2. The molecule has 1 aliphatic heterocycles. The Kier molecular flexibility index (Phi) is 2.05. The van der Waals surface area contributed by atoms with Crippen molar-refractivity contribution >= 4 is 0 Å². The van der Waals surface area contributed by atoms with Crippen LogP contribution in [0.3, 0.4) is 0 Å². The van der Waals surface area contributed by atoms with Crippen LogP contribution in [0.2, 0.25) is 0 Å². The third kappa shape index (κ3) is 1.47. The highest BCUT2D eigenvalue weighted by atomic mass is 16.7. The van der Waals surface area contributed by atoms with E-state index >= 15 is 0 Å². The van der Waals surface area contributed by atoms with Crippen molar-refractivity contribution in [1.29, 1.82) is 5.26 Å². The van der Waals surface area contributed by atoms with E-state index in [1.165, 1.54) is 12.8 Å². The van der Waals surface area contributed by atoms with Gasteiger partial charge in [-0.25, -0.2) is 0 Å². The van der Waals surface area contributed by atoms with Crippen molar-refractivity contribution < 1.29 is 9.47 Å². The molecule has 3 fully saturated rings. The first kappa shape index (κ1) is 9.62. The molecule has 0 aromatic rings. The second-order valence-electron chi connectivity index (χ2n) is 5.15. The van der Waals surface area contributed by atoms with E-state index in [2.05, 4.69) is 6.07 Å². The van der Waals surface area contributed by atoms with Crippen LogP contribution in [0.1, 0.15) is 38.5 Å². The maximum Gasteiger partial charge on any atom is 0.168 e. The molecule has 1 saturated heterocycles. The van der Waals surface area contributed by atoms with Crippen LogP contribution in [-0.4, -0.2) is 19.0 Å². The molecule has 15 heavy (non-hydrogen) atoms. The smallest absolute Gasteiger partial charge is 0.168 e. The van der Waals surface area contributed by atoms with E-state index in [9.17, 15) is 5.26 Å². The molecule has 3 rings (SSSR count). The van der Waals surface area contributed by atoms with Crippen molar-refractivity contribution in [3.8, 4) is 6.07 Å². The van der Waals surface area contributed by atoms with Gasteiger partial charge in [-0.2, -0.15) is 5.26 Å². The zero-order chi connectivity index (χ0) is 10.4. The van der Waals surface area contributed by atoms with E-state index in [1.807, 2.05) is 0 Å². The topological polar surface area (TPSA) is 42.2 Å². The number of nitrogens with zero attached hydrogens (tertiary/aromatic N) is 1. The van der Waals surface area contributed by atoms with Crippen LogP contribution in [0.15, 0.2) is 0 Å².